The van der Waals surface area contributed by atoms with Crippen LogP contribution < -0.4 is 5.73 Å². The minimum atomic E-state index is -0.544. The fourth-order valence-electron chi connectivity index (χ4n) is 0.985. The van der Waals surface area contributed by atoms with E-state index >= 15 is 0 Å². The van der Waals surface area contributed by atoms with E-state index in [-0.39, 0.29) is 10.7 Å². The number of anilines is 1. The molecule has 0 radical (unpaired) electrons. The quantitative estimate of drug-likeness (QED) is 0.713. The van der Waals surface area contributed by atoms with Crippen LogP contribution in [0.1, 0.15) is 0 Å². The molecule has 68 valence electrons. The average molecular weight is 237 g/mol. The summed E-state index contributed by atoms with van der Waals surface area (Å²) >= 11 is 12.6. The maximum absolute atomic E-state index is 13.0. The van der Waals surface area contributed by atoms with Crippen molar-refractivity contribution in [3.05, 3.63) is 21.4 Å². The highest BCUT2D eigenvalue weighted by atomic mass is 35.5. The lowest BCUT2D eigenvalue weighted by molar-refractivity contribution is 0.634. The van der Waals surface area contributed by atoms with Gasteiger partial charge in [0.2, 0.25) is 0 Å². The normalized spacial score (nSPS) is 11.0. The molecule has 0 unspecified atom stereocenters. The van der Waals surface area contributed by atoms with E-state index in [1.807, 2.05) is 0 Å². The van der Waals surface area contributed by atoms with Crippen LogP contribution in [0.15, 0.2) is 6.07 Å². The van der Waals surface area contributed by atoms with Gasteiger partial charge in [0.05, 0.1) is 15.4 Å². The summed E-state index contributed by atoms with van der Waals surface area (Å²) < 4.78 is 14.0. The van der Waals surface area contributed by atoms with Crippen molar-refractivity contribution in [3.8, 4) is 0 Å². The Labute approximate surface area is 87.1 Å². The van der Waals surface area contributed by atoms with Crippen molar-refractivity contribution in [2.24, 2.45) is 0 Å². The van der Waals surface area contributed by atoms with E-state index in [1.54, 1.807) is 0 Å². The van der Waals surface area contributed by atoms with Gasteiger partial charge in [0, 0.05) is 0 Å². The van der Waals surface area contributed by atoms with Gasteiger partial charge in [-0.2, -0.15) is 0 Å². The number of aromatic nitrogens is 1. The topological polar surface area (TPSA) is 38.9 Å². The Hall–Kier alpha value is -0.580. The molecule has 2 aromatic rings. The first-order valence-electron chi connectivity index (χ1n) is 3.29. The summed E-state index contributed by atoms with van der Waals surface area (Å²) in [4.78, 5) is 3.92. The molecule has 13 heavy (non-hydrogen) atoms. The second kappa shape index (κ2) is 2.97. The predicted molar refractivity (Wildman–Crippen MR) is 54.0 cm³/mol. The number of benzene rings is 1. The standard InChI is InChI=1S/C7H3Cl2FN2S/c8-4-5(11)2(10)1-3-6(4)12-7(9)13-3/h1H,11H2. The first-order valence-corrected chi connectivity index (χ1v) is 4.86. The summed E-state index contributed by atoms with van der Waals surface area (Å²) in [7, 11) is 0. The highest BCUT2D eigenvalue weighted by molar-refractivity contribution is 7.22. The first kappa shape index (κ1) is 8.99. The number of hydrogen-bond acceptors (Lipinski definition) is 3. The molecule has 0 saturated heterocycles. The maximum atomic E-state index is 13.0. The lowest BCUT2D eigenvalue weighted by atomic mass is 10.3. The molecule has 0 fully saturated rings. The van der Waals surface area contributed by atoms with Crippen molar-refractivity contribution < 1.29 is 4.39 Å². The Morgan fingerprint density at radius 2 is 2.15 bits per heavy atom. The summed E-state index contributed by atoms with van der Waals surface area (Å²) in [6.45, 7) is 0. The molecule has 1 aromatic heterocycles. The SMILES string of the molecule is Nc1c(F)cc2sc(Cl)nc2c1Cl. The smallest absolute Gasteiger partial charge is 0.184 e. The lowest BCUT2D eigenvalue weighted by Gasteiger charge is -1.98. The van der Waals surface area contributed by atoms with Crippen LogP contribution in [0.25, 0.3) is 10.2 Å². The number of hydrogen-bond donors (Lipinski definition) is 1. The molecule has 1 aromatic carbocycles. The van der Waals surface area contributed by atoms with Crippen LogP contribution >= 0.6 is 34.5 Å². The zero-order valence-electron chi connectivity index (χ0n) is 6.14. The molecule has 1 heterocycles. The van der Waals surface area contributed by atoms with Gasteiger partial charge in [-0.25, -0.2) is 9.37 Å². The fraction of sp³-hybridized carbons (Fsp3) is 0. The Bertz CT molecular complexity index is 483. The minimum absolute atomic E-state index is 0.0869. The fourth-order valence-corrected chi connectivity index (χ4v) is 2.33. The zero-order valence-corrected chi connectivity index (χ0v) is 8.47. The van der Waals surface area contributed by atoms with Crippen LogP contribution in [0.5, 0.6) is 0 Å². The highest BCUT2D eigenvalue weighted by Crippen LogP contribution is 2.35. The Morgan fingerprint density at radius 3 is 2.85 bits per heavy atom. The van der Waals surface area contributed by atoms with E-state index in [9.17, 15) is 4.39 Å². The van der Waals surface area contributed by atoms with E-state index in [4.69, 9.17) is 28.9 Å². The molecule has 0 saturated carbocycles. The van der Waals surface area contributed by atoms with Gasteiger partial charge in [0.15, 0.2) is 4.47 Å². The van der Waals surface area contributed by atoms with Gasteiger partial charge >= 0.3 is 0 Å². The number of halogens is 3. The van der Waals surface area contributed by atoms with Crippen LogP contribution in [-0.2, 0) is 0 Å². The maximum Gasteiger partial charge on any atom is 0.184 e. The number of thiazole rings is 1. The summed E-state index contributed by atoms with van der Waals surface area (Å²) in [5.41, 5.74) is 5.74. The number of nitrogens with two attached hydrogens (primary N) is 1. The Kier molecular flexibility index (Phi) is 2.06. The molecule has 0 bridgehead atoms. The molecule has 6 heteroatoms. The number of nitrogens with zero attached hydrogens (tertiary/aromatic N) is 1. The van der Waals surface area contributed by atoms with Crippen LogP contribution in [-0.4, -0.2) is 4.98 Å². The van der Waals surface area contributed by atoms with Crippen molar-refractivity contribution in [3.63, 3.8) is 0 Å². The van der Waals surface area contributed by atoms with Gasteiger partial charge in [0.25, 0.3) is 0 Å². The largest absolute Gasteiger partial charge is 0.395 e. The molecule has 2 N–H and O–H groups in total. The molecule has 0 spiro atoms. The minimum Gasteiger partial charge on any atom is -0.395 e. The molecule has 0 amide bonds. The van der Waals surface area contributed by atoms with Crippen molar-refractivity contribution in [1.29, 1.82) is 0 Å². The first-order chi connectivity index (χ1) is 6.09. The molecule has 2 nitrogen and oxygen atoms in total. The molecular formula is C7H3Cl2FN2S. The summed E-state index contributed by atoms with van der Waals surface area (Å²) in [6, 6.07) is 1.28. The predicted octanol–water partition coefficient (Wildman–Crippen LogP) is 3.32. The number of nitrogen functional groups attached to an aromatic ring is 1. The highest BCUT2D eigenvalue weighted by Gasteiger charge is 2.12. The average Bonchev–Trinajstić information content (AvgIpc) is 2.42. The van der Waals surface area contributed by atoms with Gasteiger partial charge in [-0.3, -0.25) is 0 Å². The van der Waals surface area contributed by atoms with Crippen molar-refractivity contribution in [2.45, 2.75) is 0 Å². The van der Waals surface area contributed by atoms with Crippen LogP contribution in [0.4, 0.5) is 10.1 Å². The van der Waals surface area contributed by atoms with Gasteiger partial charge < -0.3 is 5.73 Å². The number of fused-ring (bicyclic) bond motifs is 1. The van der Waals surface area contributed by atoms with Crippen molar-refractivity contribution in [1.82, 2.24) is 4.98 Å². The Morgan fingerprint density at radius 1 is 1.46 bits per heavy atom. The third-order valence-corrected chi connectivity index (χ3v) is 3.08. The van der Waals surface area contributed by atoms with E-state index < -0.39 is 5.82 Å². The number of rotatable bonds is 0. The lowest BCUT2D eigenvalue weighted by Crippen LogP contribution is -1.91. The van der Waals surface area contributed by atoms with Crippen molar-refractivity contribution in [2.75, 3.05) is 5.73 Å². The molecule has 0 atom stereocenters. The third-order valence-electron chi connectivity index (χ3n) is 1.59. The molecule has 0 aliphatic heterocycles. The van der Waals surface area contributed by atoms with Gasteiger partial charge in [-0.05, 0) is 6.07 Å². The second-order valence-electron chi connectivity index (χ2n) is 2.40. The van der Waals surface area contributed by atoms with E-state index in [1.165, 1.54) is 6.07 Å². The Balaban J connectivity index is 2.92. The third kappa shape index (κ3) is 1.35. The summed E-state index contributed by atoms with van der Waals surface area (Å²) in [5.74, 6) is -0.544. The molecule has 2 rings (SSSR count). The van der Waals surface area contributed by atoms with E-state index in [0.717, 1.165) is 11.3 Å². The van der Waals surface area contributed by atoms with E-state index in [0.29, 0.717) is 14.7 Å². The van der Waals surface area contributed by atoms with Gasteiger partial charge in [-0.15, -0.1) is 11.3 Å². The van der Waals surface area contributed by atoms with Crippen LogP contribution in [0.2, 0.25) is 9.49 Å². The second-order valence-corrected chi connectivity index (χ2v) is 4.39. The van der Waals surface area contributed by atoms with Gasteiger partial charge in [-0.1, -0.05) is 23.2 Å². The van der Waals surface area contributed by atoms with E-state index in [2.05, 4.69) is 4.98 Å². The molecule has 0 aliphatic rings. The van der Waals surface area contributed by atoms with Gasteiger partial charge in [0.1, 0.15) is 11.3 Å². The zero-order chi connectivity index (χ0) is 9.59. The summed E-state index contributed by atoms with van der Waals surface area (Å²) in [6.07, 6.45) is 0. The molecule has 0 aliphatic carbocycles. The monoisotopic (exact) mass is 236 g/mol. The van der Waals surface area contributed by atoms with Crippen LogP contribution in [0.3, 0.4) is 0 Å². The molecular weight excluding hydrogens is 234 g/mol. The van der Waals surface area contributed by atoms with Crippen molar-refractivity contribution >= 4 is 50.4 Å². The summed E-state index contributed by atoms with van der Waals surface area (Å²) in [5, 5.41) is 0.123. The van der Waals surface area contributed by atoms with Crippen LogP contribution in [0, 0.1) is 5.82 Å².